The lowest BCUT2D eigenvalue weighted by atomic mass is 10.1. The van der Waals surface area contributed by atoms with Gasteiger partial charge in [-0.15, -0.1) is 0 Å². The van der Waals surface area contributed by atoms with Gasteiger partial charge >= 0.3 is 5.97 Å². The minimum atomic E-state index is -0.989. The van der Waals surface area contributed by atoms with Crippen molar-refractivity contribution in [1.82, 2.24) is 4.90 Å². The van der Waals surface area contributed by atoms with Crippen LogP contribution in [0, 0.1) is 0 Å². The van der Waals surface area contributed by atoms with E-state index in [0.717, 1.165) is 17.5 Å². The van der Waals surface area contributed by atoms with E-state index in [1.807, 2.05) is 38.1 Å². The molecule has 1 atom stereocenters. The second kappa shape index (κ2) is 8.42. The van der Waals surface area contributed by atoms with Gasteiger partial charge in [0.15, 0.2) is 0 Å². The first-order chi connectivity index (χ1) is 9.97. The molecule has 1 unspecified atom stereocenters. The molecule has 0 spiro atoms. The Morgan fingerprint density at radius 1 is 1.33 bits per heavy atom. The third-order valence-electron chi connectivity index (χ3n) is 3.41. The Labute approximate surface area is 125 Å². The fourth-order valence-electron chi connectivity index (χ4n) is 2.13. The highest BCUT2D eigenvalue weighted by Crippen LogP contribution is 2.11. The van der Waals surface area contributed by atoms with Crippen LogP contribution in [0.1, 0.15) is 31.4 Å². The average molecular weight is 293 g/mol. The number of benzene rings is 1. The third kappa shape index (κ3) is 5.55. The van der Waals surface area contributed by atoms with E-state index in [0.29, 0.717) is 6.61 Å². The molecule has 0 saturated carbocycles. The van der Waals surface area contributed by atoms with Gasteiger partial charge in [-0.3, -0.25) is 9.59 Å². The predicted octanol–water partition coefficient (Wildman–Crippen LogP) is 2.09. The average Bonchev–Trinajstić information content (AvgIpc) is 2.44. The van der Waals surface area contributed by atoms with E-state index in [4.69, 9.17) is 9.84 Å². The van der Waals surface area contributed by atoms with Gasteiger partial charge in [0.05, 0.1) is 13.0 Å². The van der Waals surface area contributed by atoms with E-state index in [2.05, 4.69) is 0 Å². The van der Waals surface area contributed by atoms with Crippen molar-refractivity contribution in [1.29, 1.82) is 0 Å². The molecule has 0 aliphatic heterocycles. The lowest BCUT2D eigenvalue weighted by molar-refractivity contribution is -0.145. The largest absolute Gasteiger partial charge is 0.480 e. The quantitative estimate of drug-likeness (QED) is 0.797. The number of carbonyl (C=O) groups excluding carboxylic acids is 1. The van der Waals surface area contributed by atoms with Gasteiger partial charge in [0.1, 0.15) is 6.54 Å². The summed E-state index contributed by atoms with van der Waals surface area (Å²) in [6.07, 6.45) is 0.928. The maximum absolute atomic E-state index is 12.3. The van der Waals surface area contributed by atoms with Crippen LogP contribution in [-0.2, 0) is 27.4 Å². The summed E-state index contributed by atoms with van der Waals surface area (Å²) in [6.45, 7) is 4.03. The molecule has 5 heteroatoms. The molecule has 0 heterocycles. The van der Waals surface area contributed by atoms with Crippen molar-refractivity contribution in [2.24, 2.45) is 0 Å². The molecule has 0 bridgehead atoms. The highest BCUT2D eigenvalue weighted by atomic mass is 16.5. The summed E-state index contributed by atoms with van der Waals surface area (Å²) in [6, 6.07) is 7.50. The molecule has 1 aromatic rings. The minimum absolute atomic E-state index is 0.0873. The van der Waals surface area contributed by atoms with Crippen LogP contribution in [0.2, 0.25) is 0 Å². The minimum Gasteiger partial charge on any atom is -0.480 e. The molecule has 1 rings (SSSR count). The molecule has 116 valence electrons. The van der Waals surface area contributed by atoms with Crippen molar-refractivity contribution in [3.8, 4) is 0 Å². The standard InChI is InChI=1S/C16H23NO4/c1-4-12(2)17(10-16(19)20)15(18)9-13-6-5-7-14(8-13)11-21-3/h5-8,12H,4,9-11H2,1-3H3,(H,19,20). The summed E-state index contributed by atoms with van der Waals surface area (Å²) < 4.78 is 5.07. The van der Waals surface area contributed by atoms with Crippen molar-refractivity contribution in [2.45, 2.75) is 39.3 Å². The fraction of sp³-hybridized carbons (Fsp3) is 0.500. The van der Waals surface area contributed by atoms with Gasteiger partial charge in [-0.25, -0.2) is 0 Å². The number of rotatable bonds is 8. The Morgan fingerprint density at radius 3 is 2.57 bits per heavy atom. The summed E-state index contributed by atoms with van der Waals surface area (Å²) in [4.78, 5) is 24.7. The molecule has 21 heavy (non-hydrogen) atoms. The number of nitrogens with zero attached hydrogens (tertiary/aromatic N) is 1. The molecule has 0 aromatic heterocycles. The van der Waals surface area contributed by atoms with Crippen LogP contribution in [0.3, 0.4) is 0 Å². The van der Waals surface area contributed by atoms with E-state index in [1.54, 1.807) is 7.11 Å². The molecule has 0 saturated heterocycles. The van der Waals surface area contributed by atoms with Crippen LogP contribution in [0.15, 0.2) is 24.3 Å². The highest BCUT2D eigenvalue weighted by Gasteiger charge is 2.21. The molecule has 0 fully saturated rings. The molecule has 0 aliphatic rings. The maximum atomic E-state index is 12.3. The number of hydrogen-bond donors (Lipinski definition) is 1. The van der Waals surface area contributed by atoms with E-state index in [1.165, 1.54) is 4.90 Å². The third-order valence-corrected chi connectivity index (χ3v) is 3.41. The zero-order valence-electron chi connectivity index (χ0n) is 12.8. The Morgan fingerprint density at radius 2 is 2.00 bits per heavy atom. The normalized spacial score (nSPS) is 12.0. The van der Waals surface area contributed by atoms with Gasteiger partial charge in [-0.1, -0.05) is 31.2 Å². The van der Waals surface area contributed by atoms with Crippen LogP contribution in [0.4, 0.5) is 0 Å². The second-order valence-corrected chi connectivity index (χ2v) is 5.10. The number of aliphatic carboxylic acids is 1. The molecule has 0 aliphatic carbocycles. The zero-order valence-corrected chi connectivity index (χ0v) is 12.8. The van der Waals surface area contributed by atoms with Crippen molar-refractivity contribution in [3.63, 3.8) is 0 Å². The van der Waals surface area contributed by atoms with Crippen molar-refractivity contribution in [3.05, 3.63) is 35.4 Å². The molecule has 1 amide bonds. The summed E-state index contributed by atoms with van der Waals surface area (Å²) in [5, 5.41) is 8.95. The summed E-state index contributed by atoms with van der Waals surface area (Å²) in [5.41, 5.74) is 1.87. The van der Waals surface area contributed by atoms with Crippen LogP contribution in [-0.4, -0.2) is 41.6 Å². The Balaban J connectivity index is 2.80. The van der Waals surface area contributed by atoms with Crippen molar-refractivity contribution >= 4 is 11.9 Å². The van der Waals surface area contributed by atoms with Crippen LogP contribution >= 0.6 is 0 Å². The molecular formula is C16H23NO4. The van der Waals surface area contributed by atoms with Gasteiger partial charge in [0.25, 0.3) is 0 Å². The first kappa shape index (κ1) is 17.2. The van der Waals surface area contributed by atoms with Gasteiger partial charge < -0.3 is 14.7 Å². The van der Waals surface area contributed by atoms with Crippen molar-refractivity contribution < 1.29 is 19.4 Å². The summed E-state index contributed by atoms with van der Waals surface area (Å²) in [7, 11) is 1.62. The van der Waals surface area contributed by atoms with E-state index in [9.17, 15) is 9.59 Å². The fourth-order valence-corrected chi connectivity index (χ4v) is 2.13. The van der Waals surface area contributed by atoms with Crippen molar-refractivity contribution in [2.75, 3.05) is 13.7 Å². The summed E-state index contributed by atoms with van der Waals surface area (Å²) >= 11 is 0. The first-order valence-corrected chi connectivity index (χ1v) is 7.06. The maximum Gasteiger partial charge on any atom is 0.323 e. The highest BCUT2D eigenvalue weighted by molar-refractivity contribution is 5.83. The van der Waals surface area contributed by atoms with E-state index in [-0.39, 0.29) is 24.9 Å². The molecule has 1 aromatic carbocycles. The molecular weight excluding hydrogens is 270 g/mol. The lowest BCUT2D eigenvalue weighted by Crippen LogP contribution is -2.42. The van der Waals surface area contributed by atoms with Crippen LogP contribution in [0.25, 0.3) is 0 Å². The Hall–Kier alpha value is -1.88. The molecule has 0 radical (unpaired) electrons. The van der Waals surface area contributed by atoms with Gasteiger partial charge in [0.2, 0.25) is 5.91 Å². The van der Waals surface area contributed by atoms with Crippen LogP contribution < -0.4 is 0 Å². The monoisotopic (exact) mass is 293 g/mol. The number of carboxylic acids is 1. The van der Waals surface area contributed by atoms with E-state index >= 15 is 0 Å². The SMILES string of the molecule is CCC(C)N(CC(=O)O)C(=O)Cc1cccc(COC)c1. The van der Waals surface area contributed by atoms with Crippen LogP contribution in [0.5, 0.6) is 0 Å². The molecule has 1 N–H and O–H groups in total. The predicted molar refractivity (Wildman–Crippen MR) is 80.0 cm³/mol. The number of hydrogen-bond acceptors (Lipinski definition) is 3. The van der Waals surface area contributed by atoms with Gasteiger partial charge in [0, 0.05) is 13.2 Å². The van der Waals surface area contributed by atoms with E-state index < -0.39 is 5.97 Å². The molecule has 5 nitrogen and oxygen atoms in total. The zero-order chi connectivity index (χ0) is 15.8. The Bertz CT molecular complexity index is 487. The Kier molecular flexibility index (Phi) is 6.88. The van der Waals surface area contributed by atoms with Gasteiger partial charge in [-0.05, 0) is 24.5 Å². The topological polar surface area (TPSA) is 66.8 Å². The smallest absolute Gasteiger partial charge is 0.323 e. The number of carbonyl (C=O) groups is 2. The second-order valence-electron chi connectivity index (χ2n) is 5.10. The number of methoxy groups -OCH3 is 1. The number of carboxylic acid groups (broad SMARTS) is 1. The first-order valence-electron chi connectivity index (χ1n) is 7.06. The summed E-state index contributed by atoms with van der Waals surface area (Å²) in [5.74, 6) is -1.15. The lowest BCUT2D eigenvalue weighted by Gasteiger charge is -2.27. The number of ether oxygens (including phenoxy) is 1. The van der Waals surface area contributed by atoms with Gasteiger partial charge in [-0.2, -0.15) is 0 Å². The number of amides is 1.